The third-order valence-electron chi connectivity index (χ3n) is 2.11. The van der Waals surface area contributed by atoms with Crippen LogP contribution in [0.25, 0.3) is 0 Å². The van der Waals surface area contributed by atoms with Gasteiger partial charge in [0.25, 0.3) is 0 Å². The first-order valence-electron chi connectivity index (χ1n) is 4.67. The summed E-state index contributed by atoms with van der Waals surface area (Å²) in [5.41, 5.74) is 0. The number of aliphatic hydroxyl groups excluding tert-OH is 2. The number of hydrogen-bond acceptors (Lipinski definition) is 2. The fourth-order valence-corrected chi connectivity index (χ4v) is 1.17. The SMILES string of the molecule is C=C[C@@H](CO)[C@H](O)CCCCC. The molecule has 2 atom stereocenters. The molecule has 0 rings (SSSR count). The predicted molar refractivity (Wildman–Crippen MR) is 50.9 cm³/mol. The van der Waals surface area contributed by atoms with Crippen molar-refractivity contribution in [2.24, 2.45) is 5.92 Å². The van der Waals surface area contributed by atoms with Crippen molar-refractivity contribution in [1.29, 1.82) is 0 Å². The van der Waals surface area contributed by atoms with Crippen molar-refractivity contribution in [3.8, 4) is 0 Å². The van der Waals surface area contributed by atoms with Crippen molar-refractivity contribution in [3.05, 3.63) is 12.7 Å². The highest BCUT2D eigenvalue weighted by molar-refractivity contribution is 4.83. The Balaban J connectivity index is 3.53. The molecule has 0 aliphatic carbocycles. The molecule has 2 nitrogen and oxygen atoms in total. The Labute approximate surface area is 74.9 Å². The van der Waals surface area contributed by atoms with Crippen molar-refractivity contribution in [2.45, 2.75) is 38.7 Å². The third-order valence-corrected chi connectivity index (χ3v) is 2.11. The minimum absolute atomic E-state index is 0.00318. The van der Waals surface area contributed by atoms with Gasteiger partial charge in [-0.25, -0.2) is 0 Å². The summed E-state index contributed by atoms with van der Waals surface area (Å²) in [5, 5.41) is 18.3. The van der Waals surface area contributed by atoms with Gasteiger partial charge in [0.05, 0.1) is 12.7 Å². The Morgan fingerprint density at radius 1 is 1.42 bits per heavy atom. The highest BCUT2D eigenvalue weighted by atomic mass is 16.3. The molecule has 12 heavy (non-hydrogen) atoms. The Kier molecular flexibility index (Phi) is 7.11. The van der Waals surface area contributed by atoms with Crippen LogP contribution in [0.4, 0.5) is 0 Å². The van der Waals surface area contributed by atoms with Gasteiger partial charge in [-0.1, -0.05) is 32.3 Å². The zero-order valence-corrected chi connectivity index (χ0v) is 7.87. The molecule has 0 aromatic heterocycles. The quantitative estimate of drug-likeness (QED) is 0.453. The normalized spacial score (nSPS) is 15.6. The maximum atomic E-state index is 9.50. The zero-order chi connectivity index (χ0) is 9.40. The average molecular weight is 172 g/mol. The summed E-state index contributed by atoms with van der Waals surface area (Å²) in [6.45, 7) is 5.69. The highest BCUT2D eigenvalue weighted by Gasteiger charge is 2.13. The van der Waals surface area contributed by atoms with Crippen LogP contribution in [0.15, 0.2) is 12.7 Å². The van der Waals surface area contributed by atoms with Crippen LogP contribution in [0.1, 0.15) is 32.6 Å². The van der Waals surface area contributed by atoms with Crippen molar-refractivity contribution >= 4 is 0 Å². The highest BCUT2D eigenvalue weighted by Crippen LogP contribution is 2.12. The second-order valence-corrected chi connectivity index (χ2v) is 3.15. The second-order valence-electron chi connectivity index (χ2n) is 3.15. The molecule has 0 saturated heterocycles. The van der Waals surface area contributed by atoms with Gasteiger partial charge < -0.3 is 10.2 Å². The molecular formula is C10H20O2. The minimum Gasteiger partial charge on any atom is -0.396 e. The van der Waals surface area contributed by atoms with E-state index >= 15 is 0 Å². The lowest BCUT2D eigenvalue weighted by Gasteiger charge is -2.16. The lowest BCUT2D eigenvalue weighted by Crippen LogP contribution is -2.21. The van der Waals surface area contributed by atoms with Crippen LogP contribution in [0.3, 0.4) is 0 Å². The van der Waals surface area contributed by atoms with Gasteiger partial charge in [-0.05, 0) is 6.42 Å². The summed E-state index contributed by atoms with van der Waals surface area (Å²) >= 11 is 0. The summed E-state index contributed by atoms with van der Waals surface area (Å²) in [5.74, 6) is -0.151. The molecule has 0 spiro atoms. The number of aliphatic hydroxyl groups is 2. The molecule has 0 amide bonds. The Morgan fingerprint density at radius 3 is 2.50 bits per heavy atom. The molecule has 2 N–H and O–H groups in total. The van der Waals surface area contributed by atoms with E-state index < -0.39 is 6.10 Å². The molecule has 0 bridgehead atoms. The van der Waals surface area contributed by atoms with E-state index in [1.54, 1.807) is 6.08 Å². The van der Waals surface area contributed by atoms with Gasteiger partial charge in [0.1, 0.15) is 0 Å². The van der Waals surface area contributed by atoms with Gasteiger partial charge in [0, 0.05) is 5.92 Å². The largest absolute Gasteiger partial charge is 0.396 e. The Bertz CT molecular complexity index is 112. The van der Waals surface area contributed by atoms with Gasteiger partial charge in [0.2, 0.25) is 0 Å². The van der Waals surface area contributed by atoms with Gasteiger partial charge in [0.15, 0.2) is 0 Å². The predicted octanol–water partition coefficient (Wildman–Crippen LogP) is 1.72. The third kappa shape index (κ3) is 4.52. The standard InChI is InChI=1S/C10H20O2/c1-3-5-6-7-10(12)9(4-2)8-11/h4,9-12H,2-3,5-8H2,1H3/t9-,10+/m0/s1. The first-order chi connectivity index (χ1) is 5.76. The summed E-state index contributed by atoms with van der Waals surface area (Å²) in [4.78, 5) is 0. The first kappa shape index (κ1) is 11.7. The molecule has 0 saturated carbocycles. The lowest BCUT2D eigenvalue weighted by atomic mass is 9.98. The van der Waals surface area contributed by atoms with E-state index in [2.05, 4.69) is 13.5 Å². The molecule has 0 heterocycles. The van der Waals surface area contributed by atoms with Crippen molar-refractivity contribution in [1.82, 2.24) is 0 Å². The van der Waals surface area contributed by atoms with Crippen LogP contribution < -0.4 is 0 Å². The van der Waals surface area contributed by atoms with Gasteiger partial charge >= 0.3 is 0 Å². The van der Waals surface area contributed by atoms with Gasteiger partial charge in [-0.2, -0.15) is 0 Å². The van der Waals surface area contributed by atoms with Crippen molar-refractivity contribution in [2.75, 3.05) is 6.61 Å². The fourth-order valence-electron chi connectivity index (χ4n) is 1.17. The molecule has 0 radical (unpaired) electrons. The van der Waals surface area contributed by atoms with Crippen LogP contribution in [0, 0.1) is 5.92 Å². The topological polar surface area (TPSA) is 40.5 Å². The van der Waals surface area contributed by atoms with Crippen LogP contribution >= 0.6 is 0 Å². The molecular weight excluding hydrogens is 152 g/mol. The van der Waals surface area contributed by atoms with E-state index in [-0.39, 0.29) is 12.5 Å². The van der Waals surface area contributed by atoms with Crippen LogP contribution in [-0.4, -0.2) is 22.9 Å². The molecule has 0 aliphatic heterocycles. The van der Waals surface area contributed by atoms with E-state index in [9.17, 15) is 5.11 Å². The van der Waals surface area contributed by atoms with Crippen molar-refractivity contribution < 1.29 is 10.2 Å². The second kappa shape index (κ2) is 7.32. The first-order valence-corrected chi connectivity index (χ1v) is 4.67. The summed E-state index contributed by atoms with van der Waals surface area (Å²) in [7, 11) is 0. The smallest absolute Gasteiger partial charge is 0.0624 e. The fraction of sp³-hybridized carbons (Fsp3) is 0.800. The average Bonchev–Trinajstić information content (AvgIpc) is 2.07. The maximum absolute atomic E-state index is 9.50. The van der Waals surface area contributed by atoms with E-state index in [1.165, 1.54) is 0 Å². The van der Waals surface area contributed by atoms with Crippen LogP contribution in [0.5, 0.6) is 0 Å². The van der Waals surface area contributed by atoms with Crippen LogP contribution in [-0.2, 0) is 0 Å². The molecule has 2 heteroatoms. The van der Waals surface area contributed by atoms with Gasteiger partial charge in [-0.3, -0.25) is 0 Å². The molecule has 0 aromatic carbocycles. The number of rotatable bonds is 7. The van der Waals surface area contributed by atoms with Crippen LogP contribution in [0.2, 0.25) is 0 Å². The molecule has 0 unspecified atom stereocenters. The minimum atomic E-state index is -0.418. The zero-order valence-electron chi connectivity index (χ0n) is 7.87. The molecule has 0 aliphatic rings. The van der Waals surface area contributed by atoms with E-state index in [1.807, 2.05) is 0 Å². The monoisotopic (exact) mass is 172 g/mol. The van der Waals surface area contributed by atoms with E-state index in [4.69, 9.17) is 5.11 Å². The molecule has 0 fully saturated rings. The van der Waals surface area contributed by atoms with E-state index in [0.717, 1.165) is 25.7 Å². The summed E-state index contributed by atoms with van der Waals surface area (Å²) in [6, 6.07) is 0. The van der Waals surface area contributed by atoms with E-state index in [0.29, 0.717) is 0 Å². The Hall–Kier alpha value is -0.340. The lowest BCUT2D eigenvalue weighted by molar-refractivity contribution is 0.0828. The summed E-state index contributed by atoms with van der Waals surface area (Å²) < 4.78 is 0. The molecule has 72 valence electrons. The number of unbranched alkanes of at least 4 members (excludes halogenated alkanes) is 2. The number of hydrogen-bond donors (Lipinski definition) is 2. The maximum Gasteiger partial charge on any atom is 0.0624 e. The molecule has 0 aromatic rings. The summed E-state index contributed by atoms with van der Waals surface area (Å²) in [6.07, 6.45) is 5.31. The Morgan fingerprint density at radius 2 is 2.08 bits per heavy atom. The van der Waals surface area contributed by atoms with Crippen molar-refractivity contribution in [3.63, 3.8) is 0 Å². The van der Waals surface area contributed by atoms with Gasteiger partial charge in [-0.15, -0.1) is 6.58 Å².